The number of carbonyl (C=O) groups excluding carboxylic acids is 1. The zero-order chi connectivity index (χ0) is 16.2. The van der Waals surface area contributed by atoms with Crippen molar-refractivity contribution < 1.29 is 13.9 Å². The van der Waals surface area contributed by atoms with Gasteiger partial charge >= 0.3 is 0 Å². The molecule has 2 heterocycles. The molecule has 0 saturated heterocycles. The fourth-order valence-corrected chi connectivity index (χ4v) is 2.81. The zero-order valence-electron chi connectivity index (χ0n) is 12.8. The molecule has 118 valence electrons. The van der Waals surface area contributed by atoms with E-state index in [0.29, 0.717) is 34.5 Å². The third-order valence-corrected chi connectivity index (χ3v) is 3.91. The van der Waals surface area contributed by atoms with Crippen LogP contribution in [0.1, 0.15) is 23.0 Å². The number of para-hydroxylation sites is 1. The molecule has 0 unspecified atom stereocenters. The summed E-state index contributed by atoms with van der Waals surface area (Å²) in [5.74, 6) is 1.83. The molecule has 3 aromatic rings. The molecule has 23 heavy (non-hydrogen) atoms. The minimum Gasteiger partial charge on any atom is -0.493 e. The van der Waals surface area contributed by atoms with Crippen molar-refractivity contribution in [1.29, 1.82) is 0 Å². The van der Waals surface area contributed by atoms with E-state index in [0.717, 1.165) is 5.76 Å². The highest BCUT2D eigenvalue weighted by atomic mass is 32.1. The van der Waals surface area contributed by atoms with Gasteiger partial charge in [-0.1, -0.05) is 12.1 Å². The molecule has 0 aliphatic rings. The number of aryl methyl sites for hydroxylation is 1. The molecule has 1 amide bonds. The molecular weight excluding hydrogens is 312 g/mol. The maximum absolute atomic E-state index is 12.4. The Morgan fingerprint density at radius 1 is 1.30 bits per heavy atom. The Bertz CT molecular complexity index is 823. The molecule has 0 aliphatic heterocycles. The van der Waals surface area contributed by atoms with Crippen LogP contribution in [0.4, 0.5) is 5.13 Å². The molecule has 3 rings (SSSR count). The number of furan rings is 1. The monoisotopic (exact) mass is 328 g/mol. The summed E-state index contributed by atoms with van der Waals surface area (Å²) in [4.78, 5) is 16.8. The van der Waals surface area contributed by atoms with Gasteiger partial charge in [-0.2, -0.15) is 0 Å². The van der Waals surface area contributed by atoms with Crippen molar-refractivity contribution in [2.75, 3.05) is 11.9 Å². The molecule has 0 aliphatic carbocycles. The molecule has 0 fully saturated rings. The lowest BCUT2D eigenvalue weighted by atomic mass is 10.2. The van der Waals surface area contributed by atoms with Crippen LogP contribution in [0.3, 0.4) is 0 Å². The topological polar surface area (TPSA) is 64.4 Å². The van der Waals surface area contributed by atoms with Gasteiger partial charge in [-0.15, -0.1) is 11.3 Å². The average Bonchev–Trinajstić information content (AvgIpc) is 3.17. The second-order valence-corrected chi connectivity index (χ2v) is 5.69. The van der Waals surface area contributed by atoms with E-state index < -0.39 is 0 Å². The molecule has 2 aromatic heterocycles. The molecule has 1 aromatic carbocycles. The number of carbonyl (C=O) groups is 1. The number of benzene rings is 1. The second-order valence-electron chi connectivity index (χ2n) is 4.83. The van der Waals surface area contributed by atoms with Crippen LogP contribution < -0.4 is 10.1 Å². The van der Waals surface area contributed by atoms with Crippen LogP contribution in [-0.4, -0.2) is 17.5 Å². The molecule has 0 spiro atoms. The van der Waals surface area contributed by atoms with Crippen LogP contribution in [-0.2, 0) is 0 Å². The molecular formula is C17H16N2O3S. The average molecular weight is 328 g/mol. The molecule has 5 nitrogen and oxygen atoms in total. The Labute approximate surface area is 137 Å². The maximum Gasteiger partial charge on any atom is 0.261 e. The van der Waals surface area contributed by atoms with Crippen molar-refractivity contribution in [2.45, 2.75) is 13.8 Å². The Kier molecular flexibility index (Phi) is 4.43. The van der Waals surface area contributed by atoms with Gasteiger partial charge in [-0.3, -0.25) is 10.1 Å². The Balaban J connectivity index is 1.77. The summed E-state index contributed by atoms with van der Waals surface area (Å²) in [6.07, 6.45) is 0. The fraction of sp³-hybridized carbons (Fsp3) is 0.176. The number of ether oxygens (including phenoxy) is 1. The number of thiazole rings is 1. The van der Waals surface area contributed by atoms with Gasteiger partial charge in [0.05, 0.1) is 12.2 Å². The van der Waals surface area contributed by atoms with E-state index in [1.165, 1.54) is 11.3 Å². The predicted molar refractivity (Wildman–Crippen MR) is 90.1 cm³/mol. The fourth-order valence-electron chi connectivity index (χ4n) is 2.12. The van der Waals surface area contributed by atoms with E-state index in [1.807, 2.05) is 37.4 Å². The minimum atomic E-state index is -0.245. The van der Waals surface area contributed by atoms with Crippen LogP contribution in [0.15, 0.2) is 46.2 Å². The van der Waals surface area contributed by atoms with E-state index in [-0.39, 0.29) is 5.91 Å². The Morgan fingerprint density at radius 2 is 2.13 bits per heavy atom. The van der Waals surface area contributed by atoms with E-state index in [4.69, 9.17) is 9.15 Å². The second kappa shape index (κ2) is 6.66. The van der Waals surface area contributed by atoms with Gasteiger partial charge < -0.3 is 9.15 Å². The van der Waals surface area contributed by atoms with Crippen molar-refractivity contribution in [1.82, 2.24) is 4.98 Å². The smallest absolute Gasteiger partial charge is 0.261 e. The number of aromatic nitrogens is 1. The lowest BCUT2D eigenvalue weighted by Gasteiger charge is -2.08. The van der Waals surface area contributed by atoms with Crippen molar-refractivity contribution >= 4 is 22.4 Å². The van der Waals surface area contributed by atoms with Crippen LogP contribution in [0.2, 0.25) is 0 Å². The highest BCUT2D eigenvalue weighted by Crippen LogP contribution is 2.27. The highest BCUT2D eigenvalue weighted by molar-refractivity contribution is 7.14. The first-order valence-electron chi connectivity index (χ1n) is 7.23. The van der Waals surface area contributed by atoms with Crippen LogP contribution in [0.5, 0.6) is 5.75 Å². The van der Waals surface area contributed by atoms with Gasteiger partial charge in [-0.05, 0) is 38.1 Å². The largest absolute Gasteiger partial charge is 0.493 e. The van der Waals surface area contributed by atoms with Crippen LogP contribution >= 0.6 is 11.3 Å². The first-order chi connectivity index (χ1) is 11.2. The molecule has 0 bridgehead atoms. The van der Waals surface area contributed by atoms with Gasteiger partial charge in [0.1, 0.15) is 17.2 Å². The summed E-state index contributed by atoms with van der Waals surface area (Å²) in [7, 11) is 0. The normalized spacial score (nSPS) is 10.5. The highest BCUT2D eigenvalue weighted by Gasteiger charge is 2.15. The zero-order valence-corrected chi connectivity index (χ0v) is 13.6. The summed E-state index contributed by atoms with van der Waals surface area (Å²) in [5.41, 5.74) is 1.19. The third kappa shape index (κ3) is 3.43. The quantitative estimate of drug-likeness (QED) is 0.755. The summed E-state index contributed by atoms with van der Waals surface area (Å²) >= 11 is 1.35. The number of rotatable bonds is 5. The maximum atomic E-state index is 12.4. The number of nitrogens with zero attached hydrogens (tertiary/aromatic N) is 1. The molecule has 0 radical (unpaired) electrons. The number of amides is 1. The van der Waals surface area contributed by atoms with E-state index in [2.05, 4.69) is 10.3 Å². The number of nitrogens with one attached hydrogen (secondary N) is 1. The lowest BCUT2D eigenvalue weighted by Crippen LogP contribution is -2.13. The predicted octanol–water partition coefficient (Wildman–Crippen LogP) is 4.36. The van der Waals surface area contributed by atoms with E-state index in [1.54, 1.807) is 18.2 Å². The van der Waals surface area contributed by atoms with Crippen molar-refractivity contribution in [2.24, 2.45) is 0 Å². The van der Waals surface area contributed by atoms with E-state index in [9.17, 15) is 4.79 Å². The van der Waals surface area contributed by atoms with E-state index >= 15 is 0 Å². The summed E-state index contributed by atoms with van der Waals surface area (Å²) in [6.45, 7) is 4.26. The van der Waals surface area contributed by atoms with Gasteiger partial charge in [0.2, 0.25) is 0 Å². The standard InChI is InChI=1S/C17H16N2O3S/c1-3-21-14-7-5-4-6-12(14)16(20)19-17-18-13(10-23-17)15-9-8-11(2)22-15/h4-10H,3H2,1-2H3,(H,18,19,20). The summed E-state index contributed by atoms with van der Waals surface area (Å²) in [6, 6.07) is 10.9. The first kappa shape index (κ1) is 15.3. The molecule has 1 N–H and O–H groups in total. The van der Waals surface area contributed by atoms with Gasteiger partial charge in [0, 0.05) is 5.38 Å². The number of hydrogen-bond donors (Lipinski definition) is 1. The lowest BCUT2D eigenvalue weighted by molar-refractivity contribution is 0.102. The van der Waals surface area contributed by atoms with Crippen LogP contribution in [0.25, 0.3) is 11.5 Å². The van der Waals surface area contributed by atoms with Gasteiger partial charge in [-0.25, -0.2) is 4.98 Å². The summed E-state index contributed by atoms with van der Waals surface area (Å²) in [5, 5.41) is 5.17. The van der Waals surface area contributed by atoms with Gasteiger partial charge in [0.25, 0.3) is 5.91 Å². The summed E-state index contributed by atoms with van der Waals surface area (Å²) < 4.78 is 11.0. The van der Waals surface area contributed by atoms with Crippen molar-refractivity contribution in [3.05, 3.63) is 53.1 Å². The number of anilines is 1. The minimum absolute atomic E-state index is 0.245. The third-order valence-electron chi connectivity index (χ3n) is 3.15. The SMILES string of the molecule is CCOc1ccccc1C(=O)Nc1nc(-c2ccc(C)o2)cs1. The Hall–Kier alpha value is -2.60. The molecule has 6 heteroatoms. The number of hydrogen-bond acceptors (Lipinski definition) is 5. The van der Waals surface area contributed by atoms with Crippen LogP contribution in [0, 0.1) is 6.92 Å². The molecule has 0 saturated carbocycles. The van der Waals surface area contributed by atoms with Crippen molar-refractivity contribution in [3.63, 3.8) is 0 Å². The molecule has 0 atom stereocenters. The van der Waals surface area contributed by atoms with Crippen molar-refractivity contribution in [3.8, 4) is 17.2 Å². The first-order valence-corrected chi connectivity index (χ1v) is 8.11. The Morgan fingerprint density at radius 3 is 2.87 bits per heavy atom. The van der Waals surface area contributed by atoms with Gasteiger partial charge in [0.15, 0.2) is 10.9 Å².